The monoisotopic (exact) mass is 1330 g/mol. The molecule has 0 amide bonds. The normalized spacial score (nSPS) is 11.9. The molecule has 4 nitrogen and oxygen atoms in total. The molecule has 22 aromatic rings. The summed E-state index contributed by atoms with van der Waals surface area (Å²) in [7, 11) is 0. The number of thiophene rings is 2. The Morgan fingerprint density at radius 3 is 1.01 bits per heavy atom. The largest absolute Gasteiger partial charge is 0.454 e. The van der Waals surface area contributed by atoms with Crippen LogP contribution in [-0.4, -0.2) is 9.13 Å². The lowest BCUT2D eigenvalue weighted by molar-refractivity contribution is 0.666. The molecular weight excluding hydrogens is 1280 g/mol. The third-order valence-electron chi connectivity index (χ3n) is 20.8. The highest BCUT2D eigenvalue weighted by Crippen LogP contribution is 2.49. The number of furan rings is 2. The predicted octanol–water partition coefficient (Wildman–Crippen LogP) is 28.1. The Hall–Kier alpha value is -12.8. The third-order valence-corrected chi connectivity index (χ3v) is 23.1. The Morgan fingerprint density at radius 2 is 0.529 bits per heavy atom. The fourth-order valence-electron chi connectivity index (χ4n) is 16.2. The predicted molar refractivity (Wildman–Crippen MR) is 435 cm³/mol. The number of rotatable bonds is 8. The number of benzene rings is 16. The fourth-order valence-corrected chi connectivity index (χ4v) is 18.4. The molecule has 0 aliphatic heterocycles. The lowest BCUT2D eigenvalue weighted by Crippen LogP contribution is -1.94. The summed E-state index contributed by atoms with van der Waals surface area (Å²) in [5.41, 5.74) is 24.7. The number of para-hydroxylation sites is 2. The molecule has 0 spiro atoms. The zero-order valence-electron chi connectivity index (χ0n) is 55.0. The third kappa shape index (κ3) is 9.27. The second-order valence-electron chi connectivity index (χ2n) is 26.5. The first-order valence-electron chi connectivity index (χ1n) is 34.7. The summed E-state index contributed by atoms with van der Waals surface area (Å²) in [4.78, 5) is 0. The highest BCUT2D eigenvalue weighted by atomic mass is 32.1. The number of hydrogen-bond donors (Lipinski definition) is 0. The van der Waals surface area contributed by atoms with Crippen LogP contribution in [0, 0.1) is 0 Å². The summed E-state index contributed by atoms with van der Waals surface area (Å²) < 4.78 is 23.8. The van der Waals surface area contributed by atoms with Crippen LogP contribution < -0.4 is 0 Å². The van der Waals surface area contributed by atoms with Crippen LogP contribution in [-0.2, 0) is 0 Å². The van der Waals surface area contributed by atoms with E-state index in [1.165, 1.54) is 129 Å². The molecule has 6 heteroatoms. The maximum atomic E-state index is 6.92. The van der Waals surface area contributed by atoms with Crippen molar-refractivity contribution >= 4 is 151 Å². The molecule has 102 heavy (non-hydrogen) atoms. The summed E-state index contributed by atoms with van der Waals surface area (Å²) in [6, 6.07) is 127. The van der Waals surface area contributed by atoms with E-state index in [1.54, 1.807) is 0 Å². The van der Waals surface area contributed by atoms with Gasteiger partial charge in [-0.15, -0.1) is 22.7 Å². The van der Waals surface area contributed by atoms with E-state index in [9.17, 15) is 0 Å². The minimum Gasteiger partial charge on any atom is -0.454 e. The van der Waals surface area contributed by atoms with Crippen molar-refractivity contribution < 1.29 is 8.83 Å². The van der Waals surface area contributed by atoms with Crippen LogP contribution >= 0.6 is 22.7 Å². The summed E-state index contributed by atoms with van der Waals surface area (Å²) >= 11 is 3.71. The van der Waals surface area contributed by atoms with Crippen molar-refractivity contribution in [1.29, 1.82) is 0 Å². The molecule has 0 fully saturated rings. The van der Waals surface area contributed by atoms with Gasteiger partial charge in [-0.2, -0.15) is 0 Å². The number of fused-ring (bicyclic) bond motifs is 18. The van der Waals surface area contributed by atoms with Gasteiger partial charge in [0.05, 0.1) is 33.4 Å². The van der Waals surface area contributed by atoms with Gasteiger partial charge in [0.1, 0.15) is 11.2 Å². The molecule has 0 saturated heterocycles. The van der Waals surface area contributed by atoms with Crippen LogP contribution in [0.25, 0.3) is 206 Å². The molecule has 6 heterocycles. The first kappa shape index (κ1) is 58.2. The van der Waals surface area contributed by atoms with E-state index in [0.717, 1.165) is 77.3 Å². The van der Waals surface area contributed by atoms with E-state index in [-0.39, 0.29) is 0 Å². The Balaban J connectivity index is 0.000000133. The van der Waals surface area contributed by atoms with E-state index in [1.807, 2.05) is 22.7 Å². The topological polar surface area (TPSA) is 36.1 Å². The standard InChI is InChI=1S/2C48H29NOS/c1-3-12-30(13-4-1)32-24-26-40-38(28-32)39-29-33(31-14-5-2-6-15-31)25-27-41(39)49(40)42-20-9-19-37-46-34(17-10-21-43(46)50-48(37)42)35-18-11-23-45-47(35)36-16-7-8-22-44(36)51-45;1-3-11-30(12-4-1)32-21-24-41-38(27-32)39-28-33(31-13-5-2-6-14-31)22-25-42(39)49(41)43-18-9-17-37-47-35(16-10-19-44(47)50-48(37)43)34-23-26-46-40(29-34)36-15-7-8-20-45(36)51-46/h2*1-29H. The van der Waals surface area contributed by atoms with Crippen molar-refractivity contribution in [2.75, 3.05) is 0 Å². The molecule has 0 atom stereocenters. The first-order chi connectivity index (χ1) is 50.6. The molecular formula is C96H58N2O2S2. The molecule has 22 rings (SSSR count). The number of aromatic nitrogens is 2. The summed E-state index contributed by atoms with van der Waals surface area (Å²) in [6.07, 6.45) is 0. The fraction of sp³-hybridized carbons (Fsp3) is 0. The number of hydrogen-bond acceptors (Lipinski definition) is 4. The zero-order valence-corrected chi connectivity index (χ0v) is 56.6. The van der Waals surface area contributed by atoms with Gasteiger partial charge in [0, 0.05) is 83.4 Å². The van der Waals surface area contributed by atoms with Crippen LogP contribution in [0.15, 0.2) is 361 Å². The quantitative estimate of drug-likeness (QED) is 0.152. The van der Waals surface area contributed by atoms with E-state index in [0.29, 0.717) is 0 Å². The lowest BCUT2D eigenvalue weighted by atomic mass is 9.95. The second kappa shape index (κ2) is 23.4. The second-order valence-corrected chi connectivity index (χ2v) is 28.7. The molecule has 476 valence electrons. The molecule has 0 N–H and O–H groups in total. The summed E-state index contributed by atoms with van der Waals surface area (Å²) in [5.74, 6) is 0. The molecule has 0 radical (unpaired) electrons. The van der Waals surface area contributed by atoms with Gasteiger partial charge in [0.25, 0.3) is 0 Å². The Morgan fingerprint density at radius 1 is 0.196 bits per heavy atom. The SMILES string of the molecule is c1ccc(-c2ccc3c(c2)c2cc(-c4ccccc4)ccc2n3-c2cccc3c2oc2cccc(-c4ccc5sc6ccccc6c5c4)c23)cc1.c1ccc(-c2ccc3c(c2)c2cc(-c4ccccc4)ccc2n3-c2cccc3c2oc2cccc(-c4cccc5sc6ccccc6c45)c23)cc1. The average Bonchev–Trinajstić information content (AvgIpc) is 1.57. The van der Waals surface area contributed by atoms with Crippen molar-refractivity contribution in [2.45, 2.75) is 0 Å². The van der Waals surface area contributed by atoms with Crippen LogP contribution in [0.5, 0.6) is 0 Å². The maximum absolute atomic E-state index is 6.92. The molecule has 6 aromatic heterocycles. The van der Waals surface area contributed by atoms with Crippen LogP contribution in [0.3, 0.4) is 0 Å². The van der Waals surface area contributed by atoms with Gasteiger partial charge in [0.2, 0.25) is 0 Å². The Bertz CT molecular complexity index is 6920. The van der Waals surface area contributed by atoms with Gasteiger partial charge in [-0.3, -0.25) is 0 Å². The smallest absolute Gasteiger partial charge is 0.159 e. The van der Waals surface area contributed by atoms with Gasteiger partial charge in [-0.1, -0.05) is 249 Å². The van der Waals surface area contributed by atoms with Crippen molar-refractivity contribution in [2.24, 2.45) is 0 Å². The minimum absolute atomic E-state index is 0.889. The molecule has 0 aliphatic rings. The molecule has 0 aliphatic carbocycles. The van der Waals surface area contributed by atoms with Gasteiger partial charge in [0.15, 0.2) is 11.2 Å². The maximum Gasteiger partial charge on any atom is 0.159 e. The first-order valence-corrected chi connectivity index (χ1v) is 36.3. The summed E-state index contributed by atoms with van der Waals surface area (Å²) in [5, 5.41) is 14.6. The van der Waals surface area contributed by atoms with E-state index in [2.05, 4.69) is 361 Å². The van der Waals surface area contributed by atoms with E-state index in [4.69, 9.17) is 8.83 Å². The van der Waals surface area contributed by atoms with Crippen LogP contribution in [0.4, 0.5) is 0 Å². The van der Waals surface area contributed by atoms with Gasteiger partial charge < -0.3 is 18.0 Å². The van der Waals surface area contributed by atoms with Crippen LogP contribution in [0.2, 0.25) is 0 Å². The van der Waals surface area contributed by atoms with Crippen molar-refractivity contribution in [1.82, 2.24) is 9.13 Å². The van der Waals surface area contributed by atoms with Crippen LogP contribution in [0.1, 0.15) is 0 Å². The summed E-state index contributed by atoms with van der Waals surface area (Å²) in [6.45, 7) is 0. The zero-order chi connectivity index (χ0) is 66.9. The minimum atomic E-state index is 0.889. The van der Waals surface area contributed by atoms with Crippen molar-refractivity contribution in [3.8, 4) is 78.1 Å². The number of nitrogens with zero attached hydrogens (tertiary/aromatic N) is 2. The van der Waals surface area contributed by atoms with Gasteiger partial charge >= 0.3 is 0 Å². The van der Waals surface area contributed by atoms with Gasteiger partial charge in [-0.25, -0.2) is 0 Å². The molecule has 0 bridgehead atoms. The molecule has 16 aromatic carbocycles. The Labute approximate surface area is 594 Å². The highest BCUT2D eigenvalue weighted by Gasteiger charge is 2.25. The van der Waals surface area contributed by atoms with E-state index >= 15 is 0 Å². The molecule has 0 unspecified atom stereocenters. The van der Waals surface area contributed by atoms with Crippen molar-refractivity contribution in [3.63, 3.8) is 0 Å². The average molecular weight is 1340 g/mol. The van der Waals surface area contributed by atoms with E-state index < -0.39 is 0 Å². The lowest BCUT2D eigenvalue weighted by Gasteiger charge is -2.10. The Kier molecular flexibility index (Phi) is 13.3. The molecule has 0 saturated carbocycles. The van der Waals surface area contributed by atoms with Gasteiger partial charge in [-0.05, 0) is 170 Å². The highest BCUT2D eigenvalue weighted by molar-refractivity contribution is 7.26. The van der Waals surface area contributed by atoms with Crippen molar-refractivity contribution in [3.05, 3.63) is 352 Å².